The molecule has 1 aliphatic rings. The van der Waals surface area contributed by atoms with Crippen LogP contribution in [0.4, 0.5) is 4.79 Å². The molecule has 0 bridgehead atoms. The van der Waals surface area contributed by atoms with Crippen LogP contribution < -0.4 is 9.47 Å². The van der Waals surface area contributed by atoms with E-state index in [1.54, 1.807) is 0 Å². The van der Waals surface area contributed by atoms with Crippen LogP contribution in [-0.4, -0.2) is 40.4 Å². The Bertz CT molecular complexity index is 972. The maximum absolute atomic E-state index is 11.5. The van der Waals surface area contributed by atoms with Gasteiger partial charge in [-0.2, -0.15) is 9.97 Å². The molecule has 1 unspecified atom stereocenters. The number of hydrogen-bond acceptors (Lipinski definition) is 7. The van der Waals surface area contributed by atoms with E-state index in [9.17, 15) is 9.90 Å². The second kappa shape index (κ2) is 7.15. The molecule has 142 valence electrons. The lowest BCUT2D eigenvalue weighted by Gasteiger charge is -2.23. The van der Waals surface area contributed by atoms with Gasteiger partial charge in [-0.15, -0.1) is 4.98 Å². The molecular formula is C20H17N3O5. The van der Waals surface area contributed by atoms with Crippen molar-refractivity contribution in [2.24, 2.45) is 0 Å². The molecule has 0 radical (unpaired) electrons. The fourth-order valence-electron chi connectivity index (χ4n) is 3.56. The normalized spacial score (nSPS) is 13.4. The Balaban J connectivity index is 1.91. The van der Waals surface area contributed by atoms with Gasteiger partial charge in [0.25, 0.3) is 0 Å². The van der Waals surface area contributed by atoms with E-state index in [2.05, 4.69) is 15.0 Å². The molecule has 0 aliphatic heterocycles. The van der Waals surface area contributed by atoms with Gasteiger partial charge in [-0.3, -0.25) is 0 Å². The number of carboxylic acid groups (broad SMARTS) is 1. The van der Waals surface area contributed by atoms with Gasteiger partial charge < -0.3 is 19.3 Å². The highest BCUT2D eigenvalue weighted by molar-refractivity contribution is 5.79. The number of benzene rings is 2. The first-order valence-corrected chi connectivity index (χ1v) is 8.54. The quantitative estimate of drug-likeness (QED) is 0.673. The van der Waals surface area contributed by atoms with Crippen LogP contribution in [0.1, 0.15) is 29.0 Å². The summed E-state index contributed by atoms with van der Waals surface area (Å²) in [6, 6.07) is 15.6. The fraction of sp³-hybridized carbons (Fsp3) is 0.200. The zero-order chi connectivity index (χ0) is 19.7. The van der Waals surface area contributed by atoms with Crippen LogP contribution in [0.25, 0.3) is 11.1 Å². The molecule has 0 fully saturated rings. The number of methoxy groups -OCH3 is 2. The third-order valence-electron chi connectivity index (χ3n) is 4.64. The van der Waals surface area contributed by atoms with Crippen molar-refractivity contribution >= 4 is 6.16 Å². The Labute approximate surface area is 160 Å². The van der Waals surface area contributed by atoms with Crippen LogP contribution in [0.15, 0.2) is 48.5 Å². The zero-order valence-electron chi connectivity index (χ0n) is 15.2. The van der Waals surface area contributed by atoms with Gasteiger partial charge in [0.05, 0.1) is 20.1 Å². The summed E-state index contributed by atoms with van der Waals surface area (Å²) in [4.78, 5) is 24.0. The molecule has 1 N–H and O–H groups in total. The molecule has 0 spiro atoms. The summed E-state index contributed by atoms with van der Waals surface area (Å²) in [5, 5.41) is 9.40. The monoisotopic (exact) mass is 379 g/mol. The highest BCUT2D eigenvalue weighted by Gasteiger charge is 2.39. The number of aromatic nitrogens is 3. The SMILES string of the molecule is COc1nc(OC)nc(C(OC(=O)O)C2c3ccccc3-c3ccccc32)n1. The van der Waals surface area contributed by atoms with Crippen molar-refractivity contribution in [2.45, 2.75) is 12.0 Å². The first kappa shape index (κ1) is 17.7. The van der Waals surface area contributed by atoms with Crippen molar-refractivity contribution < 1.29 is 24.1 Å². The summed E-state index contributed by atoms with van der Waals surface area (Å²) in [5.41, 5.74) is 3.92. The largest absolute Gasteiger partial charge is 0.506 e. The number of fused-ring (bicyclic) bond motifs is 3. The summed E-state index contributed by atoms with van der Waals surface area (Å²) < 4.78 is 15.5. The molecule has 0 saturated heterocycles. The second-order valence-corrected chi connectivity index (χ2v) is 6.12. The van der Waals surface area contributed by atoms with E-state index >= 15 is 0 Å². The second-order valence-electron chi connectivity index (χ2n) is 6.12. The molecule has 1 aromatic heterocycles. The predicted molar refractivity (Wildman–Crippen MR) is 98.5 cm³/mol. The van der Waals surface area contributed by atoms with E-state index in [-0.39, 0.29) is 17.8 Å². The van der Waals surface area contributed by atoms with Crippen molar-refractivity contribution in [3.8, 4) is 23.1 Å². The van der Waals surface area contributed by atoms with Crippen LogP contribution in [0.2, 0.25) is 0 Å². The van der Waals surface area contributed by atoms with Gasteiger partial charge in [0.15, 0.2) is 11.9 Å². The summed E-state index contributed by atoms with van der Waals surface area (Å²) in [5.74, 6) is -0.303. The first-order chi connectivity index (χ1) is 13.6. The number of carbonyl (C=O) groups is 1. The minimum Gasteiger partial charge on any atom is -0.467 e. The van der Waals surface area contributed by atoms with Crippen LogP contribution in [0.3, 0.4) is 0 Å². The Hall–Kier alpha value is -3.68. The molecule has 0 amide bonds. The van der Waals surface area contributed by atoms with Gasteiger partial charge in [-0.1, -0.05) is 48.5 Å². The van der Waals surface area contributed by atoms with Crippen molar-refractivity contribution in [2.75, 3.05) is 14.2 Å². The molecular weight excluding hydrogens is 362 g/mol. The Morgan fingerprint density at radius 2 is 1.39 bits per heavy atom. The van der Waals surface area contributed by atoms with E-state index in [1.165, 1.54) is 14.2 Å². The topological polar surface area (TPSA) is 104 Å². The van der Waals surface area contributed by atoms with E-state index in [1.807, 2.05) is 48.5 Å². The summed E-state index contributed by atoms with van der Waals surface area (Å²) in [7, 11) is 2.82. The molecule has 8 heteroatoms. The summed E-state index contributed by atoms with van der Waals surface area (Å²) in [6.45, 7) is 0. The molecule has 0 saturated carbocycles. The van der Waals surface area contributed by atoms with Gasteiger partial charge in [0.1, 0.15) is 0 Å². The van der Waals surface area contributed by atoms with Gasteiger partial charge in [-0.25, -0.2) is 4.79 Å². The van der Waals surface area contributed by atoms with Crippen molar-refractivity contribution in [1.82, 2.24) is 15.0 Å². The van der Waals surface area contributed by atoms with Crippen LogP contribution in [-0.2, 0) is 4.74 Å². The first-order valence-electron chi connectivity index (χ1n) is 8.54. The van der Waals surface area contributed by atoms with Crippen LogP contribution >= 0.6 is 0 Å². The van der Waals surface area contributed by atoms with Gasteiger partial charge >= 0.3 is 18.2 Å². The maximum atomic E-state index is 11.5. The number of rotatable bonds is 5. The lowest BCUT2D eigenvalue weighted by atomic mass is 9.90. The Kier molecular flexibility index (Phi) is 4.52. The summed E-state index contributed by atoms with van der Waals surface area (Å²) in [6.07, 6.45) is -2.43. The average Bonchev–Trinajstić information content (AvgIpc) is 3.06. The number of nitrogens with zero attached hydrogens (tertiary/aromatic N) is 3. The third-order valence-corrected chi connectivity index (χ3v) is 4.64. The molecule has 28 heavy (non-hydrogen) atoms. The third kappa shape index (κ3) is 2.98. The average molecular weight is 379 g/mol. The number of hydrogen-bond donors (Lipinski definition) is 1. The van der Waals surface area contributed by atoms with Crippen LogP contribution in [0.5, 0.6) is 12.0 Å². The molecule has 3 aromatic rings. The van der Waals surface area contributed by atoms with Crippen LogP contribution in [0, 0.1) is 0 Å². The molecule has 1 heterocycles. The Morgan fingerprint density at radius 1 is 0.893 bits per heavy atom. The van der Waals surface area contributed by atoms with Gasteiger partial charge in [0, 0.05) is 0 Å². The lowest BCUT2D eigenvalue weighted by Crippen LogP contribution is -2.20. The standard InChI is InChI=1S/C20H17N3O5/c1-26-18-21-17(22-19(23-18)27-2)16(28-20(24)25)15-13-9-5-3-7-11(13)12-8-4-6-10-14(12)15/h3-10,15-16H,1-2H3,(H,24,25). The molecule has 8 nitrogen and oxygen atoms in total. The highest BCUT2D eigenvalue weighted by atomic mass is 16.7. The molecule has 2 aromatic carbocycles. The van der Waals surface area contributed by atoms with Crippen molar-refractivity contribution in [3.05, 3.63) is 65.5 Å². The zero-order valence-corrected chi connectivity index (χ0v) is 15.2. The smallest absolute Gasteiger partial charge is 0.467 e. The minimum absolute atomic E-state index is 0.0143. The van der Waals surface area contributed by atoms with Crippen molar-refractivity contribution in [3.63, 3.8) is 0 Å². The van der Waals surface area contributed by atoms with E-state index in [4.69, 9.17) is 14.2 Å². The maximum Gasteiger partial charge on any atom is 0.506 e. The Morgan fingerprint density at radius 3 is 1.86 bits per heavy atom. The lowest BCUT2D eigenvalue weighted by molar-refractivity contribution is 0.0400. The minimum atomic E-state index is -1.43. The molecule has 1 atom stereocenters. The van der Waals surface area contributed by atoms with E-state index in [0.29, 0.717) is 0 Å². The summed E-state index contributed by atoms with van der Waals surface area (Å²) >= 11 is 0. The predicted octanol–water partition coefficient (Wildman–Crippen LogP) is 3.44. The van der Waals surface area contributed by atoms with Gasteiger partial charge in [0.2, 0.25) is 0 Å². The van der Waals surface area contributed by atoms with Crippen molar-refractivity contribution in [1.29, 1.82) is 0 Å². The highest BCUT2D eigenvalue weighted by Crippen LogP contribution is 2.50. The fourth-order valence-corrected chi connectivity index (χ4v) is 3.56. The molecule has 1 aliphatic carbocycles. The van der Waals surface area contributed by atoms with E-state index in [0.717, 1.165) is 22.3 Å². The van der Waals surface area contributed by atoms with Gasteiger partial charge in [-0.05, 0) is 22.3 Å². The van der Waals surface area contributed by atoms with E-state index < -0.39 is 18.2 Å². The molecule has 4 rings (SSSR count). The number of ether oxygens (including phenoxy) is 3.